The summed E-state index contributed by atoms with van der Waals surface area (Å²) in [6.45, 7) is 6.51. The highest BCUT2D eigenvalue weighted by molar-refractivity contribution is 5.27. The van der Waals surface area contributed by atoms with E-state index in [0.717, 1.165) is 18.7 Å². The van der Waals surface area contributed by atoms with Gasteiger partial charge in [0.05, 0.1) is 0 Å². The van der Waals surface area contributed by atoms with Crippen LogP contribution in [0.2, 0.25) is 0 Å². The summed E-state index contributed by atoms with van der Waals surface area (Å²) in [6, 6.07) is 5.96. The molecule has 1 saturated heterocycles. The Morgan fingerprint density at radius 2 is 1.80 bits per heavy atom. The van der Waals surface area contributed by atoms with Gasteiger partial charge in [0, 0.05) is 25.2 Å². The second-order valence-electron chi connectivity index (χ2n) is 5.72. The first-order valence-corrected chi connectivity index (χ1v) is 6.54. The molecule has 2 rings (SSSR count). The van der Waals surface area contributed by atoms with E-state index in [9.17, 15) is 13.2 Å². The molecule has 0 spiro atoms. The second kappa shape index (κ2) is 5.26. The summed E-state index contributed by atoms with van der Waals surface area (Å²) >= 11 is 0. The van der Waals surface area contributed by atoms with Crippen LogP contribution in [0.4, 0.5) is 13.2 Å². The summed E-state index contributed by atoms with van der Waals surface area (Å²) in [5.41, 5.74) is 7.01. The van der Waals surface area contributed by atoms with Crippen molar-refractivity contribution in [1.82, 2.24) is 4.90 Å². The van der Waals surface area contributed by atoms with E-state index in [0.29, 0.717) is 12.5 Å². The summed E-state index contributed by atoms with van der Waals surface area (Å²) in [4.78, 5) is 2.18. The van der Waals surface area contributed by atoms with Crippen LogP contribution in [0, 0.1) is 5.92 Å². The summed E-state index contributed by atoms with van der Waals surface area (Å²) in [5, 5.41) is 0. The minimum atomic E-state index is -4.64. The van der Waals surface area contributed by atoms with Crippen molar-refractivity contribution >= 4 is 0 Å². The number of nitrogens with zero attached hydrogens (tertiary/aromatic N) is 1. The number of nitrogens with two attached hydrogens (primary N) is 1. The van der Waals surface area contributed by atoms with E-state index in [1.54, 1.807) is 12.1 Å². The van der Waals surface area contributed by atoms with Gasteiger partial charge in [0.25, 0.3) is 0 Å². The molecule has 20 heavy (non-hydrogen) atoms. The molecule has 6 heteroatoms. The third kappa shape index (κ3) is 3.64. The molecule has 0 atom stereocenters. The predicted octanol–water partition coefficient (Wildman–Crippen LogP) is 2.75. The molecule has 1 aromatic carbocycles. The standard InChI is InChI=1S/C14H19F3N2O/c1-10(2)13(18)8-19(9-13)7-11-3-5-12(6-4-11)20-14(15,16)17/h3-6,10H,7-9,18H2,1-2H3. The average molecular weight is 288 g/mol. The van der Waals surface area contributed by atoms with Crippen LogP contribution in [-0.2, 0) is 6.54 Å². The first kappa shape index (κ1) is 15.1. The smallest absolute Gasteiger partial charge is 0.406 e. The van der Waals surface area contributed by atoms with Crippen LogP contribution in [0.3, 0.4) is 0 Å². The molecule has 112 valence electrons. The predicted molar refractivity (Wildman–Crippen MR) is 70.2 cm³/mol. The molecule has 0 aromatic heterocycles. The average Bonchev–Trinajstić information content (AvgIpc) is 2.27. The Bertz CT molecular complexity index is 450. The van der Waals surface area contributed by atoms with Gasteiger partial charge in [-0.1, -0.05) is 26.0 Å². The molecule has 1 aliphatic heterocycles. The lowest BCUT2D eigenvalue weighted by molar-refractivity contribution is -0.274. The molecule has 2 N–H and O–H groups in total. The van der Waals surface area contributed by atoms with Crippen LogP contribution in [0.25, 0.3) is 0 Å². The van der Waals surface area contributed by atoms with Crippen molar-refractivity contribution in [3.63, 3.8) is 0 Å². The van der Waals surface area contributed by atoms with Crippen molar-refractivity contribution in [3.8, 4) is 5.75 Å². The molecule has 3 nitrogen and oxygen atoms in total. The zero-order valence-corrected chi connectivity index (χ0v) is 11.6. The van der Waals surface area contributed by atoms with Gasteiger partial charge in [-0.05, 0) is 23.6 Å². The number of likely N-dealkylation sites (tertiary alicyclic amines) is 1. The lowest BCUT2D eigenvalue weighted by atomic mass is 9.80. The molecular formula is C14H19F3N2O. The summed E-state index contributed by atoms with van der Waals surface area (Å²) < 4.78 is 39.9. The van der Waals surface area contributed by atoms with Crippen molar-refractivity contribution in [2.24, 2.45) is 11.7 Å². The normalized spacial score (nSPS) is 18.9. The lowest BCUT2D eigenvalue weighted by Crippen LogP contribution is -2.69. The van der Waals surface area contributed by atoms with Crippen molar-refractivity contribution < 1.29 is 17.9 Å². The summed E-state index contributed by atoms with van der Waals surface area (Å²) in [5.74, 6) is 0.224. The Hall–Kier alpha value is -1.27. The lowest BCUT2D eigenvalue weighted by Gasteiger charge is -2.50. The summed E-state index contributed by atoms with van der Waals surface area (Å²) in [6.07, 6.45) is -4.64. The van der Waals surface area contributed by atoms with Crippen LogP contribution in [0.15, 0.2) is 24.3 Å². The van der Waals surface area contributed by atoms with Gasteiger partial charge in [0.1, 0.15) is 5.75 Å². The molecule has 1 aliphatic rings. The van der Waals surface area contributed by atoms with Crippen molar-refractivity contribution in [2.45, 2.75) is 32.3 Å². The van der Waals surface area contributed by atoms with Crippen LogP contribution >= 0.6 is 0 Å². The van der Waals surface area contributed by atoms with Crippen molar-refractivity contribution in [1.29, 1.82) is 0 Å². The fraction of sp³-hybridized carbons (Fsp3) is 0.571. The fourth-order valence-corrected chi connectivity index (χ4v) is 2.32. The van der Waals surface area contributed by atoms with Gasteiger partial charge in [0.15, 0.2) is 0 Å². The van der Waals surface area contributed by atoms with Gasteiger partial charge in [-0.3, -0.25) is 4.90 Å². The van der Waals surface area contributed by atoms with E-state index in [2.05, 4.69) is 23.5 Å². The Kier molecular flexibility index (Phi) is 3.97. The zero-order valence-electron chi connectivity index (χ0n) is 11.6. The van der Waals surface area contributed by atoms with Crippen LogP contribution in [0.1, 0.15) is 19.4 Å². The van der Waals surface area contributed by atoms with E-state index >= 15 is 0 Å². The van der Waals surface area contributed by atoms with Gasteiger partial charge in [0.2, 0.25) is 0 Å². The van der Waals surface area contributed by atoms with Gasteiger partial charge >= 0.3 is 6.36 Å². The molecule has 1 aromatic rings. The number of halogens is 3. The first-order valence-electron chi connectivity index (χ1n) is 6.54. The van der Waals surface area contributed by atoms with E-state index in [4.69, 9.17) is 5.73 Å². The third-order valence-corrected chi connectivity index (χ3v) is 3.75. The van der Waals surface area contributed by atoms with Crippen molar-refractivity contribution in [3.05, 3.63) is 29.8 Å². The monoisotopic (exact) mass is 288 g/mol. The topological polar surface area (TPSA) is 38.5 Å². The molecule has 0 bridgehead atoms. The highest BCUT2D eigenvalue weighted by atomic mass is 19.4. The quantitative estimate of drug-likeness (QED) is 0.926. The Morgan fingerprint density at radius 3 is 2.25 bits per heavy atom. The Labute approximate surface area is 116 Å². The number of rotatable bonds is 4. The molecule has 0 saturated carbocycles. The molecule has 0 aliphatic carbocycles. The number of hydrogen-bond donors (Lipinski definition) is 1. The molecule has 0 radical (unpaired) electrons. The summed E-state index contributed by atoms with van der Waals surface area (Å²) in [7, 11) is 0. The maximum atomic E-state index is 12.0. The molecule has 1 fully saturated rings. The number of hydrogen-bond acceptors (Lipinski definition) is 3. The molecule has 0 amide bonds. The van der Waals surface area contributed by atoms with Crippen LogP contribution in [-0.4, -0.2) is 29.9 Å². The molecule has 0 unspecified atom stereocenters. The largest absolute Gasteiger partial charge is 0.573 e. The van der Waals surface area contributed by atoms with Gasteiger partial charge in [-0.25, -0.2) is 0 Å². The minimum Gasteiger partial charge on any atom is -0.406 e. The fourth-order valence-electron chi connectivity index (χ4n) is 2.32. The highest BCUT2D eigenvalue weighted by Gasteiger charge is 2.41. The SMILES string of the molecule is CC(C)C1(N)CN(Cc2ccc(OC(F)(F)F)cc2)C1. The maximum absolute atomic E-state index is 12.0. The minimum absolute atomic E-state index is 0.140. The van der Waals surface area contributed by atoms with Crippen LogP contribution in [0.5, 0.6) is 5.75 Å². The maximum Gasteiger partial charge on any atom is 0.573 e. The number of benzene rings is 1. The molecular weight excluding hydrogens is 269 g/mol. The number of alkyl halides is 3. The van der Waals surface area contributed by atoms with E-state index in [-0.39, 0.29) is 11.3 Å². The van der Waals surface area contributed by atoms with Gasteiger partial charge < -0.3 is 10.5 Å². The van der Waals surface area contributed by atoms with Crippen LogP contribution < -0.4 is 10.5 Å². The Morgan fingerprint density at radius 1 is 1.25 bits per heavy atom. The van der Waals surface area contributed by atoms with E-state index in [1.165, 1.54) is 12.1 Å². The second-order valence-corrected chi connectivity index (χ2v) is 5.72. The Balaban J connectivity index is 1.87. The van der Waals surface area contributed by atoms with E-state index < -0.39 is 6.36 Å². The van der Waals surface area contributed by atoms with Crippen molar-refractivity contribution in [2.75, 3.05) is 13.1 Å². The zero-order chi connectivity index (χ0) is 15.0. The highest BCUT2D eigenvalue weighted by Crippen LogP contribution is 2.28. The van der Waals surface area contributed by atoms with Gasteiger partial charge in [-0.2, -0.15) is 0 Å². The first-order chi connectivity index (χ1) is 9.18. The number of ether oxygens (including phenoxy) is 1. The molecule has 1 heterocycles. The third-order valence-electron chi connectivity index (χ3n) is 3.75. The van der Waals surface area contributed by atoms with Gasteiger partial charge in [-0.15, -0.1) is 13.2 Å². The van der Waals surface area contributed by atoms with E-state index in [1.807, 2.05) is 0 Å².